The smallest absolute Gasteiger partial charge is 0.238 e. The molecule has 110 valence electrons. The van der Waals surface area contributed by atoms with Crippen molar-refractivity contribution in [2.75, 3.05) is 5.73 Å². The van der Waals surface area contributed by atoms with Crippen molar-refractivity contribution >= 4 is 11.5 Å². The predicted molar refractivity (Wildman–Crippen MR) is 79.1 cm³/mol. The molecule has 0 aliphatic heterocycles. The van der Waals surface area contributed by atoms with Gasteiger partial charge in [-0.25, -0.2) is 13.9 Å². The summed E-state index contributed by atoms with van der Waals surface area (Å²) in [5.74, 6) is -0.0181. The van der Waals surface area contributed by atoms with Gasteiger partial charge in [0.25, 0.3) is 0 Å². The molecule has 2 N–H and O–H groups in total. The van der Waals surface area contributed by atoms with E-state index >= 15 is 0 Å². The summed E-state index contributed by atoms with van der Waals surface area (Å²) in [5, 5.41) is 4.09. The van der Waals surface area contributed by atoms with Crippen LogP contribution in [0.25, 0.3) is 5.52 Å². The third kappa shape index (κ3) is 2.62. The van der Waals surface area contributed by atoms with Crippen molar-refractivity contribution in [3.63, 3.8) is 0 Å². The molecule has 0 amide bonds. The summed E-state index contributed by atoms with van der Waals surface area (Å²) in [7, 11) is 0. The van der Waals surface area contributed by atoms with Crippen LogP contribution in [0.2, 0.25) is 0 Å². The van der Waals surface area contributed by atoms with Crippen LogP contribution in [0.15, 0.2) is 12.3 Å². The van der Waals surface area contributed by atoms with Crippen LogP contribution in [0.5, 0.6) is 0 Å². The van der Waals surface area contributed by atoms with Gasteiger partial charge in [-0.3, -0.25) is 0 Å². The molecule has 1 fully saturated rings. The Kier molecular flexibility index (Phi) is 4.26. The number of nitrogen functional groups attached to an aromatic ring is 1. The predicted octanol–water partition coefficient (Wildman–Crippen LogP) is 3.70. The van der Waals surface area contributed by atoms with Crippen molar-refractivity contribution in [2.45, 2.75) is 58.3 Å². The van der Waals surface area contributed by atoms with E-state index in [4.69, 9.17) is 5.73 Å². The molecule has 1 saturated carbocycles. The van der Waals surface area contributed by atoms with Gasteiger partial charge in [0.15, 0.2) is 0 Å². The fourth-order valence-electron chi connectivity index (χ4n) is 2.34. The summed E-state index contributed by atoms with van der Waals surface area (Å²) in [5.41, 5.74) is 6.85. The summed E-state index contributed by atoms with van der Waals surface area (Å²) in [4.78, 5) is 3.87. The van der Waals surface area contributed by atoms with Crippen LogP contribution in [0, 0.1) is 5.82 Å². The molecule has 0 unspecified atom stereocenters. The van der Waals surface area contributed by atoms with Crippen molar-refractivity contribution in [3.05, 3.63) is 23.8 Å². The SMILES string of the molecule is CCC1(c2c(F)cc3cnc(N)nn23)CC1.CCCC. The molecule has 0 radical (unpaired) electrons. The number of anilines is 1. The molecule has 0 aromatic carbocycles. The summed E-state index contributed by atoms with van der Waals surface area (Å²) in [6.45, 7) is 6.44. The Morgan fingerprint density at radius 3 is 2.45 bits per heavy atom. The molecule has 2 aromatic rings. The number of aromatic nitrogens is 3. The first kappa shape index (κ1) is 14.8. The normalized spacial score (nSPS) is 15.8. The summed E-state index contributed by atoms with van der Waals surface area (Å²) in [6, 6.07) is 1.48. The van der Waals surface area contributed by atoms with Gasteiger partial charge in [0, 0.05) is 11.5 Å². The standard InChI is InChI=1S/C11H13FN4.C4H10/c1-2-11(3-4-11)9-8(12)5-7-6-14-10(13)15-16(7)9;1-3-4-2/h5-6H,2-4H2,1H3,(H2,13,15);3-4H2,1-2H3. The molecule has 20 heavy (non-hydrogen) atoms. The lowest BCUT2D eigenvalue weighted by Gasteiger charge is -2.12. The molecular weight excluding hydrogens is 255 g/mol. The van der Waals surface area contributed by atoms with E-state index in [0.717, 1.165) is 19.3 Å². The van der Waals surface area contributed by atoms with Crippen LogP contribution in [-0.4, -0.2) is 14.6 Å². The van der Waals surface area contributed by atoms with E-state index in [1.54, 1.807) is 10.7 Å². The van der Waals surface area contributed by atoms with Gasteiger partial charge in [-0.1, -0.05) is 33.6 Å². The number of nitrogens with zero attached hydrogens (tertiary/aromatic N) is 3. The monoisotopic (exact) mass is 278 g/mol. The van der Waals surface area contributed by atoms with Crippen molar-refractivity contribution < 1.29 is 4.39 Å². The zero-order valence-corrected chi connectivity index (χ0v) is 12.5. The van der Waals surface area contributed by atoms with E-state index in [1.807, 2.05) is 0 Å². The number of hydrogen-bond donors (Lipinski definition) is 1. The van der Waals surface area contributed by atoms with Crippen molar-refractivity contribution in [1.29, 1.82) is 0 Å². The topological polar surface area (TPSA) is 56.2 Å². The quantitative estimate of drug-likeness (QED) is 0.931. The lowest BCUT2D eigenvalue weighted by molar-refractivity contribution is 0.537. The van der Waals surface area contributed by atoms with Gasteiger partial charge in [-0.2, -0.15) is 0 Å². The van der Waals surface area contributed by atoms with Crippen LogP contribution in [0.1, 0.15) is 58.6 Å². The second kappa shape index (κ2) is 5.77. The van der Waals surface area contributed by atoms with Crippen LogP contribution < -0.4 is 5.73 Å². The molecule has 1 aliphatic rings. The molecule has 0 saturated heterocycles. The van der Waals surface area contributed by atoms with E-state index in [2.05, 4.69) is 30.9 Å². The fraction of sp³-hybridized carbons (Fsp3) is 0.600. The van der Waals surface area contributed by atoms with E-state index in [9.17, 15) is 4.39 Å². The molecule has 3 rings (SSSR count). The van der Waals surface area contributed by atoms with Crippen LogP contribution in [0.4, 0.5) is 10.3 Å². The average Bonchev–Trinajstić information content (AvgIpc) is 3.16. The van der Waals surface area contributed by atoms with Gasteiger partial charge in [-0.05, 0) is 19.3 Å². The maximum Gasteiger partial charge on any atom is 0.238 e. The molecule has 4 nitrogen and oxygen atoms in total. The summed E-state index contributed by atoms with van der Waals surface area (Å²) in [6.07, 6.45) is 7.17. The zero-order valence-electron chi connectivity index (χ0n) is 12.5. The third-order valence-corrected chi connectivity index (χ3v) is 4.02. The first-order chi connectivity index (χ1) is 9.57. The van der Waals surface area contributed by atoms with Gasteiger partial charge in [0.2, 0.25) is 5.95 Å². The number of hydrogen-bond acceptors (Lipinski definition) is 3. The van der Waals surface area contributed by atoms with Gasteiger partial charge in [0.1, 0.15) is 5.82 Å². The molecule has 5 heteroatoms. The largest absolute Gasteiger partial charge is 0.367 e. The van der Waals surface area contributed by atoms with E-state index < -0.39 is 0 Å². The second-order valence-electron chi connectivity index (χ2n) is 5.43. The fourth-order valence-corrected chi connectivity index (χ4v) is 2.34. The Hall–Kier alpha value is -1.65. The highest BCUT2D eigenvalue weighted by molar-refractivity contribution is 5.50. The molecule has 2 aromatic heterocycles. The second-order valence-corrected chi connectivity index (χ2v) is 5.43. The number of nitrogens with two attached hydrogens (primary N) is 1. The van der Waals surface area contributed by atoms with Crippen LogP contribution in [0.3, 0.4) is 0 Å². The van der Waals surface area contributed by atoms with E-state index in [1.165, 1.54) is 18.9 Å². The minimum atomic E-state index is -0.195. The molecule has 0 atom stereocenters. The van der Waals surface area contributed by atoms with Gasteiger partial charge < -0.3 is 5.73 Å². The van der Waals surface area contributed by atoms with Crippen molar-refractivity contribution in [1.82, 2.24) is 14.6 Å². The highest BCUT2D eigenvalue weighted by Gasteiger charge is 2.46. The minimum Gasteiger partial charge on any atom is -0.367 e. The number of unbranched alkanes of at least 4 members (excludes halogenated alkanes) is 1. The summed E-state index contributed by atoms with van der Waals surface area (Å²) < 4.78 is 15.5. The Morgan fingerprint density at radius 2 is 1.95 bits per heavy atom. The molecule has 2 heterocycles. The maximum absolute atomic E-state index is 13.9. The molecule has 0 spiro atoms. The lowest BCUT2D eigenvalue weighted by atomic mass is 9.99. The Labute approximate surface area is 119 Å². The average molecular weight is 278 g/mol. The van der Waals surface area contributed by atoms with Gasteiger partial charge >= 0.3 is 0 Å². The maximum atomic E-state index is 13.9. The number of fused-ring (bicyclic) bond motifs is 1. The summed E-state index contributed by atoms with van der Waals surface area (Å²) >= 11 is 0. The minimum absolute atomic E-state index is 0.0305. The Morgan fingerprint density at radius 1 is 1.30 bits per heavy atom. The van der Waals surface area contributed by atoms with Crippen molar-refractivity contribution in [3.8, 4) is 0 Å². The highest BCUT2D eigenvalue weighted by Crippen LogP contribution is 2.51. The highest BCUT2D eigenvalue weighted by atomic mass is 19.1. The van der Waals surface area contributed by atoms with Gasteiger partial charge in [0.05, 0.1) is 17.4 Å². The lowest BCUT2D eigenvalue weighted by Crippen LogP contribution is -2.13. The number of rotatable bonds is 3. The van der Waals surface area contributed by atoms with Crippen molar-refractivity contribution in [2.24, 2.45) is 0 Å². The Balaban J connectivity index is 0.000000328. The molecule has 1 aliphatic carbocycles. The van der Waals surface area contributed by atoms with Crippen LogP contribution >= 0.6 is 0 Å². The number of halogens is 1. The zero-order chi connectivity index (χ0) is 14.8. The molecule has 0 bridgehead atoms. The molecular formula is C15H23FN4. The van der Waals surface area contributed by atoms with Gasteiger partial charge in [-0.15, -0.1) is 5.10 Å². The third-order valence-electron chi connectivity index (χ3n) is 4.02. The van der Waals surface area contributed by atoms with E-state index in [-0.39, 0.29) is 17.2 Å². The Bertz CT molecular complexity index is 585. The first-order valence-corrected chi connectivity index (χ1v) is 7.38. The first-order valence-electron chi connectivity index (χ1n) is 7.38. The van der Waals surface area contributed by atoms with E-state index in [0.29, 0.717) is 11.2 Å². The van der Waals surface area contributed by atoms with Crippen LogP contribution in [-0.2, 0) is 5.41 Å².